The fourth-order valence-electron chi connectivity index (χ4n) is 3.24. The number of anilines is 2. The molecular formula is C19H24FN7. The molecule has 7 nitrogen and oxygen atoms in total. The second kappa shape index (κ2) is 7.48. The fourth-order valence-corrected chi connectivity index (χ4v) is 3.24. The normalized spacial score (nSPS) is 20.3. The first-order valence-corrected chi connectivity index (χ1v) is 9.24. The molecule has 2 unspecified atom stereocenters. The van der Waals surface area contributed by atoms with Crippen LogP contribution in [0.3, 0.4) is 0 Å². The van der Waals surface area contributed by atoms with Crippen LogP contribution in [0.25, 0.3) is 11.0 Å². The molecule has 3 aromatic rings. The average molecular weight is 369 g/mol. The Labute approximate surface area is 157 Å². The Morgan fingerprint density at radius 2 is 2.04 bits per heavy atom. The summed E-state index contributed by atoms with van der Waals surface area (Å²) in [5.74, 6) is 1.20. The van der Waals surface area contributed by atoms with Crippen LogP contribution in [0.15, 0.2) is 36.5 Å². The highest BCUT2D eigenvalue weighted by Gasteiger charge is 2.30. The molecule has 142 valence electrons. The van der Waals surface area contributed by atoms with Crippen LogP contribution in [0.2, 0.25) is 0 Å². The number of alkyl halides is 1. The van der Waals surface area contributed by atoms with Gasteiger partial charge >= 0.3 is 0 Å². The third-order valence-corrected chi connectivity index (χ3v) is 5.16. The Bertz CT molecular complexity index is 911. The zero-order valence-electron chi connectivity index (χ0n) is 15.3. The molecule has 0 radical (unpaired) electrons. The summed E-state index contributed by atoms with van der Waals surface area (Å²) in [6, 6.07) is 9.72. The number of nitrogens with zero attached hydrogens (tertiary/aromatic N) is 4. The first kappa shape index (κ1) is 17.7. The van der Waals surface area contributed by atoms with Gasteiger partial charge in [0, 0.05) is 32.1 Å². The maximum Gasteiger partial charge on any atom is 0.226 e. The van der Waals surface area contributed by atoms with Crippen molar-refractivity contribution in [1.29, 1.82) is 0 Å². The third-order valence-electron chi connectivity index (χ3n) is 5.16. The van der Waals surface area contributed by atoms with Gasteiger partial charge in [0.05, 0.1) is 11.6 Å². The van der Waals surface area contributed by atoms with Gasteiger partial charge in [-0.05, 0) is 18.4 Å². The molecule has 0 amide bonds. The third kappa shape index (κ3) is 3.71. The van der Waals surface area contributed by atoms with E-state index in [0.29, 0.717) is 36.9 Å². The molecule has 1 aliphatic rings. The van der Waals surface area contributed by atoms with Gasteiger partial charge in [-0.1, -0.05) is 30.3 Å². The van der Waals surface area contributed by atoms with Crippen LogP contribution in [0.5, 0.6) is 0 Å². The molecule has 0 bridgehead atoms. The summed E-state index contributed by atoms with van der Waals surface area (Å²) >= 11 is 0. The number of rotatable bonds is 7. The molecule has 2 aromatic heterocycles. The number of aromatic nitrogens is 4. The molecule has 4 N–H and O–H groups in total. The minimum Gasteiger partial charge on any atom is -0.369 e. The maximum absolute atomic E-state index is 13.5. The number of aryl methyl sites for hydroxylation is 1. The molecule has 0 spiro atoms. The van der Waals surface area contributed by atoms with Crippen molar-refractivity contribution in [1.82, 2.24) is 19.7 Å². The highest BCUT2D eigenvalue weighted by atomic mass is 19.1. The van der Waals surface area contributed by atoms with Crippen molar-refractivity contribution in [2.24, 2.45) is 18.7 Å². The van der Waals surface area contributed by atoms with Gasteiger partial charge in [0.15, 0.2) is 5.65 Å². The largest absolute Gasteiger partial charge is 0.369 e. The van der Waals surface area contributed by atoms with E-state index in [4.69, 9.17) is 5.73 Å². The minimum absolute atomic E-state index is 0.0506. The molecule has 1 aromatic carbocycles. The number of hydrogen-bond acceptors (Lipinski definition) is 6. The lowest BCUT2D eigenvalue weighted by atomic mass is 9.83. The molecule has 8 heteroatoms. The van der Waals surface area contributed by atoms with Crippen molar-refractivity contribution in [3.63, 3.8) is 0 Å². The molecular weight excluding hydrogens is 345 g/mol. The fraction of sp³-hybridized carbons (Fsp3) is 0.421. The molecule has 1 fully saturated rings. The van der Waals surface area contributed by atoms with Crippen LogP contribution in [-0.4, -0.2) is 39.0 Å². The molecule has 27 heavy (non-hydrogen) atoms. The van der Waals surface area contributed by atoms with Gasteiger partial charge in [0.25, 0.3) is 0 Å². The zero-order valence-corrected chi connectivity index (χ0v) is 15.3. The van der Waals surface area contributed by atoms with Crippen molar-refractivity contribution in [3.05, 3.63) is 42.1 Å². The lowest BCUT2D eigenvalue weighted by molar-refractivity contribution is 0.122. The number of fused-ring (bicyclic) bond motifs is 1. The zero-order chi connectivity index (χ0) is 18.8. The van der Waals surface area contributed by atoms with Gasteiger partial charge in [0.2, 0.25) is 5.95 Å². The summed E-state index contributed by atoms with van der Waals surface area (Å²) in [6.45, 7) is 1.06. The van der Waals surface area contributed by atoms with Crippen LogP contribution in [0.1, 0.15) is 24.4 Å². The average Bonchev–Trinajstić information content (AvgIpc) is 3.06. The Balaban J connectivity index is 1.51. The first-order chi connectivity index (χ1) is 13.1. The van der Waals surface area contributed by atoms with E-state index in [-0.39, 0.29) is 12.0 Å². The van der Waals surface area contributed by atoms with Gasteiger partial charge in [-0.25, -0.2) is 4.39 Å². The monoisotopic (exact) mass is 369 g/mol. The summed E-state index contributed by atoms with van der Waals surface area (Å²) in [4.78, 5) is 9.12. The van der Waals surface area contributed by atoms with Gasteiger partial charge in [-0.2, -0.15) is 15.1 Å². The summed E-state index contributed by atoms with van der Waals surface area (Å²) in [5.41, 5.74) is 8.01. The number of nitrogens with two attached hydrogens (primary N) is 1. The Morgan fingerprint density at radius 3 is 2.74 bits per heavy atom. The second-order valence-electron chi connectivity index (χ2n) is 7.03. The molecule has 0 aliphatic heterocycles. The predicted octanol–water partition coefficient (Wildman–Crippen LogP) is 2.64. The van der Waals surface area contributed by atoms with E-state index in [0.717, 1.165) is 17.4 Å². The standard InChI is InChI=1S/C19H24FN7/c1-27-18-14(10-24-27)17(22-9-13-7-8-15(13)20)25-19(26-18)23-11-16(21)12-5-3-2-4-6-12/h2-6,10,13,15-16H,7-9,11,21H2,1H3,(H2,22,23,25,26)/t13?,15?,16-/m0/s1. The van der Waals surface area contributed by atoms with Crippen molar-refractivity contribution >= 4 is 22.8 Å². The van der Waals surface area contributed by atoms with Crippen LogP contribution in [0, 0.1) is 5.92 Å². The van der Waals surface area contributed by atoms with Gasteiger partial charge in [-0.15, -0.1) is 0 Å². The first-order valence-electron chi connectivity index (χ1n) is 9.24. The second-order valence-corrected chi connectivity index (χ2v) is 7.03. The van der Waals surface area contributed by atoms with E-state index >= 15 is 0 Å². The van der Waals surface area contributed by atoms with Crippen molar-refractivity contribution < 1.29 is 4.39 Å². The van der Waals surface area contributed by atoms with E-state index in [1.54, 1.807) is 10.9 Å². The Kier molecular flexibility index (Phi) is 4.89. The topological polar surface area (TPSA) is 93.7 Å². The highest BCUT2D eigenvalue weighted by Crippen LogP contribution is 2.31. The molecule has 2 heterocycles. The smallest absolute Gasteiger partial charge is 0.226 e. The predicted molar refractivity (Wildman–Crippen MR) is 104 cm³/mol. The number of benzene rings is 1. The van der Waals surface area contributed by atoms with Crippen LogP contribution in [0.4, 0.5) is 16.2 Å². The van der Waals surface area contributed by atoms with Gasteiger partial charge in [0.1, 0.15) is 12.0 Å². The van der Waals surface area contributed by atoms with E-state index < -0.39 is 6.17 Å². The van der Waals surface area contributed by atoms with E-state index in [1.165, 1.54) is 0 Å². The SMILES string of the molecule is Cn1ncc2c(NCC3CCC3F)nc(NC[C@H](N)c3ccccc3)nc21. The maximum atomic E-state index is 13.5. The summed E-state index contributed by atoms with van der Waals surface area (Å²) < 4.78 is 15.2. The number of halogens is 1. The summed E-state index contributed by atoms with van der Waals surface area (Å²) in [5, 5.41) is 11.6. The van der Waals surface area contributed by atoms with Crippen molar-refractivity contribution in [3.8, 4) is 0 Å². The van der Waals surface area contributed by atoms with Crippen LogP contribution >= 0.6 is 0 Å². The summed E-state index contributed by atoms with van der Waals surface area (Å²) in [6.07, 6.45) is 2.57. The van der Waals surface area contributed by atoms with E-state index in [2.05, 4.69) is 25.7 Å². The lowest BCUT2D eigenvalue weighted by Crippen LogP contribution is -2.33. The van der Waals surface area contributed by atoms with Gasteiger partial charge in [-0.3, -0.25) is 4.68 Å². The number of hydrogen-bond donors (Lipinski definition) is 3. The van der Waals surface area contributed by atoms with E-state index in [1.807, 2.05) is 37.4 Å². The van der Waals surface area contributed by atoms with Crippen molar-refractivity contribution in [2.75, 3.05) is 23.7 Å². The molecule has 3 atom stereocenters. The Morgan fingerprint density at radius 1 is 1.22 bits per heavy atom. The Hall–Kier alpha value is -2.74. The summed E-state index contributed by atoms with van der Waals surface area (Å²) in [7, 11) is 1.84. The minimum atomic E-state index is -0.717. The highest BCUT2D eigenvalue weighted by molar-refractivity contribution is 5.87. The van der Waals surface area contributed by atoms with Crippen LogP contribution in [-0.2, 0) is 7.05 Å². The molecule has 0 saturated heterocycles. The molecule has 1 saturated carbocycles. The van der Waals surface area contributed by atoms with E-state index in [9.17, 15) is 4.39 Å². The number of nitrogens with one attached hydrogen (secondary N) is 2. The quantitative estimate of drug-likeness (QED) is 0.593. The van der Waals surface area contributed by atoms with Crippen LogP contribution < -0.4 is 16.4 Å². The molecule has 1 aliphatic carbocycles. The lowest BCUT2D eigenvalue weighted by Gasteiger charge is -2.30. The molecule has 4 rings (SSSR count). The van der Waals surface area contributed by atoms with Gasteiger partial charge < -0.3 is 16.4 Å². The van der Waals surface area contributed by atoms with Crippen molar-refractivity contribution in [2.45, 2.75) is 25.1 Å².